The minimum atomic E-state index is -3.92. The summed E-state index contributed by atoms with van der Waals surface area (Å²) in [6.07, 6.45) is 2.63. The van der Waals surface area contributed by atoms with Crippen LogP contribution < -0.4 is 31.9 Å². The van der Waals surface area contributed by atoms with Gasteiger partial charge in [0.15, 0.2) is 0 Å². The summed E-state index contributed by atoms with van der Waals surface area (Å²) in [6.45, 7) is 3.66. The molecule has 0 heterocycles. The molecular weight excluding hydrogens is 701 g/mol. The van der Waals surface area contributed by atoms with Crippen molar-refractivity contribution in [3.05, 3.63) is 96.1 Å². The first-order chi connectivity index (χ1) is 25.3. The topological polar surface area (TPSA) is 193 Å². The molecule has 4 aliphatic carbocycles. The Hall–Kier alpha value is -6.09. The average Bonchev–Trinajstić information content (AvgIpc) is 4.01. The molecule has 4 fully saturated rings. The Bertz CT molecular complexity index is 2130. The molecule has 0 spiro atoms. The van der Waals surface area contributed by atoms with Gasteiger partial charge in [-0.25, -0.2) is 27.6 Å². The fraction of sp³-hybridized carbons (Fsp3) is 0.263. The van der Waals surface area contributed by atoms with E-state index in [0.717, 1.165) is 36.8 Å². The van der Waals surface area contributed by atoms with Crippen molar-refractivity contribution in [2.75, 3.05) is 31.9 Å². The molecule has 0 saturated heterocycles. The second-order valence-corrected chi connectivity index (χ2v) is 16.1. The summed E-state index contributed by atoms with van der Waals surface area (Å²) in [6, 6.07) is 20.4. The molecule has 0 unspecified atom stereocenters. The Labute approximate surface area is 304 Å². The number of ether oxygens (including phenoxy) is 2. The van der Waals surface area contributed by atoms with Crippen molar-refractivity contribution < 1.29 is 37.1 Å². The third-order valence-electron chi connectivity index (χ3n) is 10.1. The van der Waals surface area contributed by atoms with Crippen LogP contribution in [0.5, 0.6) is 0 Å². The van der Waals surface area contributed by atoms with Gasteiger partial charge in [-0.15, -0.1) is 0 Å². The van der Waals surface area contributed by atoms with Gasteiger partial charge in [0.2, 0.25) is 9.84 Å². The van der Waals surface area contributed by atoms with Crippen LogP contribution in [0.1, 0.15) is 36.8 Å². The van der Waals surface area contributed by atoms with Gasteiger partial charge in [-0.3, -0.25) is 10.6 Å². The summed E-state index contributed by atoms with van der Waals surface area (Å²) < 4.78 is 37.7. The van der Waals surface area contributed by atoms with Gasteiger partial charge in [-0.05, 0) is 123 Å². The highest BCUT2D eigenvalue weighted by atomic mass is 32.2. The number of carbonyl (C=O) groups excluding carboxylic acids is 4. The summed E-state index contributed by atoms with van der Waals surface area (Å²) in [5.74, 6) is 0.997. The lowest BCUT2D eigenvalue weighted by Gasteiger charge is -2.14. The van der Waals surface area contributed by atoms with Gasteiger partial charge >= 0.3 is 24.2 Å². The molecule has 0 bridgehead atoms. The van der Waals surface area contributed by atoms with Gasteiger partial charge in [0.1, 0.15) is 11.2 Å². The van der Waals surface area contributed by atoms with Crippen LogP contribution in [0.4, 0.5) is 53.3 Å². The molecule has 0 radical (unpaired) electrons. The van der Waals surface area contributed by atoms with Crippen molar-refractivity contribution in [2.45, 2.75) is 60.5 Å². The van der Waals surface area contributed by atoms with Crippen LogP contribution in [0.3, 0.4) is 0 Å². The van der Waals surface area contributed by atoms with E-state index < -0.39 is 34.1 Å². The lowest BCUT2D eigenvalue weighted by atomic mass is 10.2. The van der Waals surface area contributed by atoms with Gasteiger partial charge in [0.05, 0.1) is 9.79 Å². The summed E-state index contributed by atoms with van der Waals surface area (Å²) in [5.41, 5.74) is 3.70. The number of hydrogen-bond acceptors (Lipinski definition) is 8. The van der Waals surface area contributed by atoms with Crippen molar-refractivity contribution in [3.8, 4) is 0 Å². The SMILES string of the molecule is Cc1ccc(NC(=O)Nc2ccc(S(=O)(=O)c3ccc(NC(=O)Nc4ccc(C)c(NC(=O)OC56CC5C6)c4)cc3)cc2)cc1NC(=O)OC12CC1C2. The highest BCUT2D eigenvalue weighted by Crippen LogP contribution is 2.70. The third-order valence-corrected chi connectivity index (χ3v) is 11.9. The van der Waals surface area contributed by atoms with Crippen molar-refractivity contribution in [1.29, 1.82) is 0 Å². The maximum atomic E-state index is 13.3. The van der Waals surface area contributed by atoms with E-state index in [9.17, 15) is 27.6 Å². The maximum absolute atomic E-state index is 13.3. The summed E-state index contributed by atoms with van der Waals surface area (Å²) in [7, 11) is -3.92. The number of nitrogens with one attached hydrogen (secondary N) is 6. The zero-order valence-corrected chi connectivity index (χ0v) is 29.6. The zero-order valence-electron chi connectivity index (χ0n) is 28.7. The molecular formula is C38H36N6O8S. The maximum Gasteiger partial charge on any atom is 0.412 e. The molecule has 15 heteroatoms. The molecule has 8 rings (SSSR count). The Morgan fingerprint density at radius 3 is 1.19 bits per heavy atom. The Kier molecular flexibility index (Phi) is 8.05. The lowest BCUT2D eigenvalue weighted by molar-refractivity contribution is 0.127. The second kappa shape index (κ2) is 12.5. The molecule has 0 atom stereocenters. The van der Waals surface area contributed by atoms with E-state index in [2.05, 4.69) is 31.9 Å². The number of anilines is 6. The predicted octanol–water partition coefficient (Wildman–Crippen LogP) is 7.85. The summed E-state index contributed by atoms with van der Waals surface area (Å²) in [5, 5.41) is 16.2. The molecule has 6 amide bonds. The number of rotatable bonds is 10. The van der Waals surface area contributed by atoms with Crippen LogP contribution in [0.15, 0.2) is 94.7 Å². The zero-order chi connectivity index (χ0) is 37.1. The van der Waals surface area contributed by atoms with E-state index >= 15 is 0 Å². The highest BCUT2D eigenvalue weighted by molar-refractivity contribution is 7.91. The number of aryl methyl sites for hydroxylation is 2. The van der Waals surface area contributed by atoms with Crippen LogP contribution in [0, 0.1) is 25.7 Å². The van der Waals surface area contributed by atoms with Crippen molar-refractivity contribution >= 4 is 68.2 Å². The lowest BCUT2D eigenvalue weighted by Crippen LogP contribution is -2.21. The molecule has 6 N–H and O–H groups in total. The number of benzene rings is 4. The molecule has 4 saturated carbocycles. The highest BCUT2D eigenvalue weighted by Gasteiger charge is 2.74. The van der Waals surface area contributed by atoms with Crippen LogP contribution >= 0.6 is 0 Å². The molecule has 14 nitrogen and oxygen atoms in total. The minimum Gasteiger partial charge on any atom is -0.442 e. The molecule has 0 aliphatic heterocycles. The van der Waals surface area contributed by atoms with E-state index in [1.165, 1.54) is 48.5 Å². The van der Waals surface area contributed by atoms with Crippen molar-refractivity contribution in [2.24, 2.45) is 11.8 Å². The van der Waals surface area contributed by atoms with Crippen LogP contribution in [-0.2, 0) is 19.3 Å². The Morgan fingerprint density at radius 2 is 0.849 bits per heavy atom. The molecule has 0 aromatic heterocycles. The molecule has 272 valence electrons. The van der Waals surface area contributed by atoms with E-state index in [-0.39, 0.29) is 21.0 Å². The average molecular weight is 737 g/mol. The van der Waals surface area contributed by atoms with Gasteiger partial charge < -0.3 is 30.7 Å². The number of fused-ring (bicyclic) bond motifs is 2. The Balaban J connectivity index is 0.829. The number of hydrogen-bond donors (Lipinski definition) is 6. The monoisotopic (exact) mass is 736 g/mol. The fourth-order valence-corrected chi connectivity index (χ4v) is 7.37. The normalized spacial score (nSPS) is 22.5. The summed E-state index contributed by atoms with van der Waals surface area (Å²) in [4.78, 5) is 50.0. The molecule has 4 aromatic carbocycles. The molecule has 4 aromatic rings. The standard InChI is InChI=1S/C38H36N6O8S/c1-21-3-5-27(15-31(21)43-35(47)51-37-17-23(37)18-37)41-33(45)39-25-7-11-29(12-8-25)53(49,50)30-13-9-26(10-14-30)40-34(46)42-28-6-4-22(2)32(16-28)44-36(48)52-38-19-24(38)20-38/h3-16,23-24H,17-20H2,1-2H3,(H,43,47)(H,44,48)(H2,39,41,45)(H2,40,42,46). The van der Waals surface area contributed by atoms with E-state index in [0.29, 0.717) is 46.0 Å². The number of urea groups is 2. The minimum absolute atomic E-state index is 0.00713. The van der Waals surface area contributed by atoms with E-state index in [1.807, 2.05) is 13.8 Å². The largest absolute Gasteiger partial charge is 0.442 e. The molecule has 53 heavy (non-hydrogen) atoms. The predicted molar refractivity (Wildman–Crippen MR) is 197 cm³/mol. The number of carbonyl (C=O) groups is 4. The van der Waals surface area contributed by atoms with E-state index in [1.54, 1.807) is 36.4 Å². The van der Waals surface area contributed by atoms with Crippen LogP contribution in [-0.4, -0.2) is 43.9 Å². The quantitative estimate of drug-likeness (QED) is 0.0948. The fourth-order valence-electron chi connectivity index (χ4n) is 6.11. The third kappa shape index (κ3) is 7.33. The van der Waals surface area contributed by atoms with Crippen molar-refractivity contribution in [3.63, 3.8) is 0 Å². The van der Waals surface area contributed by atoms with Gasteiger partial charge in [0.25, 0.3) is 0 Å². The summed E-state index contributed by atoms with van der Waals surface area (Å²) >= 11 is 0. The smallest absolute Gasteiger partial charge is 0.412 e. The van der Waals surface area contributed by atoms with Crippen LogP contribution in [0.2, 0.25) is 0 Å². The first-order valence-electron chi connectivity index (χ1n) is 17.1. The van der Waals surface area contributed by atoms with Gasteiger partial charge in [-0.2, -0.15) is 0 Å². The first kappa shape index (κ1) is 34.0. The van der Waals surface area contributed by atoms with Crippen molar-refractivity contribution in [1.82, 2.24) is 0 Å². The Morgan fingerprint density at radius 1 is 0.528 bits per heavy atom. The number of amides is 6. The first-order valence-corrected chi connectivity index (χ1v) is 18.6. The van der Waals surface area contributed by atoms with Gasteiger partial charge in [0, 0.05) is 46.0 Å². The molecule has 4 aliphatic rings. The van der Waals surface area contributed by atoms with Crippen LogP contribution in [0.25, 0.3) is 0 Å². The van der Waals surface area contributed by atoms with Gasteiger partial charge in [-0.1, -0.05) is 12.1 Å². The van der Waals surface area contributed by atoms with E-state index in [4.69, 9.17) is 9.47 Å². The number of sulfone groups is 1. The second-order valence-electron chi connectivity index (χ2n) is 14.1.